The number of pyridine rings is 1. The Morgan fingerprint density at radius 1 is 1.11 bits per heavy atom. The fourth-order valence-electron chi connectivity index (χ4n) is 3.11. The molecule has 1 N–H and O–H groups in total. The van der Waals surface area contributed by atoms with Gasteiger partial charge in [-0.15, -0.1) is 0 Å². The average Bonchev–Trinajstić information content (AvgIpc) is 2.87. The van der Waals surface area contributed by atoms with Gasteiger partial charge in [0.2, 0.25) is 5.91 Å². The standard InChI is InChI=1S/C22H18ClN3O2/c1-2-28-21-11-20-19(10-17(21)23)26-22(27)12-18(25-20)15-6-3-5-14(9-15)16-7-4-8-24-13-16/h3-11,13H,2,12H2,1H3,(H,26,27). The third kappa shape index (κ3) is 3.75. The molecule has 3 aromatic rings. The quantitative estimate of drug-likeness (QED) is 0.659. The Kier molecular flexibility index (Phi) is 5.08. The van der Waals surface area contributed by atoms with E-state index in [1.54, 1.807) is 18.3 Å². The Morgan fingerprint density at radius 2 is 1.93 bits per heavy atom. The van der Waals surface area contributed by atoms with Gasteiger partial charge in [-0.05, 0) is 36.2 Å². The van der Waals surface area contributed by atoms with Crippen molar-refractivity contribution in [1.82, 2.24) is 4.98 Å². The molecule has 0 unspecified atom stereocenters. The van der Waals surface area contributed by atoms with Gasteiger partial charge in [0.1, 0.15) is 5.75 Å². The van der Waals surface area contributed by atoms with E-state index in [9.17, 15) is 4.79 Å². The molecule has 0 fully saturated rings. The third-order valence-electron chi connectivity index (χ3n) is 4.40. The van der Waals surface area contributed by atoms with Gasteiger partial charge < -0.3 is 10.1 Å². The summed E-state index contributed by atoms with van der Waals surface area (Å²) >= 11 is 6.25. The van der Waals surface area contributed by atoms with Gasteiger partial charge in [0.25, 0.3) is 0 Å². The van der Waals surface area contributed by atoms with Crippen LogP contribution in [-0.2, 0) is 4.79 Å². The molecule has 5 nitrogen and oxygen atoms in total. The van der Waals surface area contributed by atoms with Crippen molar-refractivity contribution < 1.29 is 9.53 Å². The molecule has 0 saturated heterocycles. The molecule has 0 aliphatic carbocycles. The van der Waals surface area contributed by atoms with Crippen molar-refractivity contribution in [1.29, 1.82) is 0 Å². The van der Waals surface area contributed by atoms with Gasteiger partial charge in [0, 0.05) is 24.0 Å². The first kappa shape index (κ1) is 18.2. The zero-order valence-corrected chi connectivity index (χ0v) is 16.0. The molecule has 2 heterocycles. The van der Waals surface area contributed by atoms with Crippen molar-refractivity contribution in [2.45, 2.75) is 13.3 Å². The summed E-state index contributed by atoms with van der Waals surface area (Å²) in [5.41, 5.74) is 4.81. The molecule has 1 aliphatic rings. The smallest absolute Gasteiger partial charge is 0.230 e. The number of nitrogens with one attached hydrogen (secondary N) is 1. The van der Waals surface area contributed by atoms with Crippen molar-refractivity contribution in [3.05, 3.63) is 71.5 Å². The fraction of sp³-hybridized carbons (Fsp3) is 0.136. The van der Waals surface area contributed by atoms with E-state index in [4.69, 9.17) is 21.3 Å². The lowest BCUT2D eigenvalue weighted by molar-refractivity contribution is -0.115. The van der Waals surface area contributed by atoms with Crippen molar-refractivity contribution >= 4 is 34.6 Å². The molecule has 0 saturated carbocycles. The van der Waals surface area contributed by atoms with E-state index in [-0.39, 0.29) is 12.3 Å². The molecular formula is C22H18ClN3O2. The normalized spacial score (nSPS) is 13.2. The van der Waals surface area contributed by atoms with Gasteiger partial charge in [-0.1, -0.05) is 35.9 Å². The second-order valence-corrected chi connectivity index (χ2v) is 6.75. The maximum absolute atomic E-state index is 12.4. The Balaban J connectivity index is 1.78. The molecule has 0 spiro atoms. The lowest BCUT2D eigenvalue weighted by atomic mass is 10.0. The van der Waals surface area contributed by atoms with Crippen LogP contribution in [0.25, 0.3) is 11.1 Å². The zero-order valence-electron chi connectivity index (χ0n) is 15.3. The highest BCUT2D eigenvalue weighted by Gasteiger charge is 2.19. The van der Waals surface area contributed by atoms with Crippen LogP contribution >= 0.6 is 11.6 Å². The van der Waals surface area contributed by atoms with E-state index >= 15 is 0 Å². The van der Waals surface area contributed by atoms with Gasteiger partial charge in [0.15, 0.2) is 0 Å². The molecule has 28 heavy (non-hydrogen) atoms. The number of halogens is 1. The van der Waals surface area contributed by atoms with Crippen LogP contribution in [-0.4, -0.2) is 23.2 Å². The van der Waals surface area contributed by atoms with Crippen LogP contribution in [0.1, 0.15) is 18.9 Å². The summed E-state index contributed by atoms with van der Waals surface area (Å²) in [6.45, 7) is 2.39. The molecule has 1 aliphatic heterocycles. The van der Waals surface area contributed by atoms with Crippen LogP contribution in [0.2, 0.25) is 5.02 Å². The van der Waals surface area contributed by atoms with Crippen LogP contribution < -0.4 is 10.1 Å². The van der Waals surface area contributed by atoms with Gasteiger partial charge in [-0.2, -0.15) is 0 Å². The summed E-state index contributed by atoms with van der Waals surface area (Å²) in [7, 11) is 0. The van der Waals surface area contributed by atoms with E-state index in [0.717, 1.165) is 16.7 Å². The predicted octanol–water partition coefficient (Wildman–Crippen LogP) is 5.26. The first-order chi connectivity index (χ1) is 13.6. The minimum absolute atomic E-state index is 0.135. The van der Waals surface area contributed by atoms with Crippen LogP contribution in [0.5, 0.6) is 5.75 Å². The zero-order chi connectivity index (χ0) is 19.5. The topological polar surface area (TPSA) is 63.6 Å². The predicted molar refractivity (Wildman–Crippen MR) is 112 cm³/mol. The molecule has 0 atom stereocenters. The van der Waals surface area contributed by atoms with Crippen LogP contribution in [0.4, 0.5) is 11.4 Å². The van der Waals surface area contributed by atoms with Gasteiger partial charge >= 0.3 is 0 Å². The second kappa shape index (κ2) is 7.82. The number of nitrogens with zero attached hydrogens (tertiary/aromatic N) is 2. The largest absolute Gasteiger partial charge is 0.492 e. The highest BCUT2D eigenvalue weighted by Crippen LogP contribution is 2.38. The summed E-state index contributed by atoms with van der Waals surface area (Å²) in [4.78, 5) is 21.4. The number of carbonyl (C=O) groups is 1. The van der Waals surface area contributed by atoms with E-state index in [2.05, 4.69) is 10.3 Å². The third-order valence-corrected chi connectivity index (χ3v) is 4.69. The molecule has 4 rings (SSSR count). The number of aliphatic imine (C=N–C) groups is 1. The number of benzene rings is 2. The molecule has 6 heteroatoms. The minimum Gasteiger partial charge on any atom is -0.492 e. The van der Waals surface area contributed by atoms with Gasteiger partial charge in [-0.25, -0.2) is 4.99 Å². The number of hydrogen-bond donors (Lipinski definition) is 1. The minimum atomic E-state index is -0.135. The number of hydrogen-bond acceptors (Lipinski definition) is 4. The number of anilines is 1. The first-order valence-electron chi connectivity index (χ1n) is 8.98. The molecule has 0 bridgehead atoms. The van der Waals surface area contributed by atoms with Crippen molar-refractivity contribution in [2.75, 3.05) is 11.9 Å². The highest BCUT2D eigenvalue weighted by atomic mass is 35.5. The molecule has 2 aromatic carbocycles. The molecule has 1 amide bonds. The van der Waals surface area contributed by atoms with E-state index < -0.39 is 0 Å². The van der Waals surface area contributed by atoms with Gasteiger partial charge in [-0.3, -0.25) is 9.78 Å². The number of aromatic nitrogens is 1. The number of amides is 1. The summed E-state index contributed by atoms with van der Waals surface area (Å²) in [5, 5.41) is 3.32. The van der Waals surface area contributed by atoms with Crippen LogP contribution in [0, 0.1) is 0 Å². The summed E-state index contributed by atoms with van der Waals surface area (Å²) in [5.74, 6) is 0.413. The molecule has 140 valence electrons. The molecular weight excluding hydrogens is 374 g/mol. The molecule has 1 aromatic heterocycles. The second-order valence-electron chi connectivity index (χ2n) is 6.34. The van der Waals surface area contributed by atoms with E-state index in [0.29, 0.717) is 34.5 Å². The lowest BCUT2D eigenvalue weighted by Gasteiger charge is -2.10. The van der Waals surface area contributed by atoms with E-state index in [1.807, 2.05) is 49.5 Å². The van der Waals surface area contributed by atoms with Crippen molar-refractivity contribution in [3.63, 3.8) is 0 Å². The fourth-order valence-corrected chi connectivity index (χ4v) is 3.33. The first-order valence-corrected chi connectivity index (χ1v) is 9.36. The van der Waals surface area contributed by atoms with Crippen LogP contribution in [0.15, 0.2) is 65.9 Å². The van der Waals surface area contributed by atoms with E-state index in [1.165, 1.54) is 0 Å². The van der Waals surface area contributed by atoms with Gasteiger partial charge in [0.05, 0.1) is 35.1 Å². The van der Waals surface area contributed by atoms with Crippen molar-refractivity contribution in [3.8, 4) is 16.9 Å². The maximum Gasteiger partial charge on any atom is 0.230 e. The SMILES string of the molecule is CCOc1cc2c(cc1Cl)NC(=O)CC(c1cccc(-c3cccnc3)c1)=N2. The Labute approximate surface area is 168 Å². The highest BCUT2D eigenvalue weighted by molar-refractivity contribution is 6.32. The summed E-state index contributed by atoms with van der Waals surface area (Å²) in [6.07, 6.45) is 3.73. The average molecular weight is 392 g/mol. The maximum atomic E-state index is 12.4. The van der Waals surface area contributed by atoms with Crippen molar-refractivity contribution in [2.24, 2.45) is 4.99 Å². The monoisotopic (exact) mass is 391 g/mol. The number of ether oxygens (including phenoxy) is 1. The summed E-state index contributed by atoms with van der Waals surface area (Å²) < 4.78 is 5.57. The lowest BCUT2D eigenvalue weighted by Crippen LogP contribution is -2.15. The van der Waals surface area contributed by atoms with Crippen LogP contribution in [0.3, 0.4) is 0 Å². The Hall–Kier alpha value is -3.18. The Morgan fingerprint density at radius 3 is 2.71 bits per heavy atom. The Bertz CT molecular complexity index is 1060. The molecule has 0 radical (unpaired) electrons. The number of carbonyl (C=O) groups excluding carboxylic acids is 1. The summed E-state index contributed by atoms with van der Waals surface area (Å²) in [6, 6.07) is 15.3. The number of rotatable bonds is 4. The number of fused-ring (bicyclic) bond motifs is 1.